The van der Waals surface area contributed by atoms with Crippen molar-refractivity contribution in [3.05, 3.63) is 29.3 Å². The summed E-state index contributed by atoms with van der Waals surface area (Å²) >= 11 is 0. The number of hydrogen-bond donors (Lipinski definition) is 1. The normalized spacial score (nSPS) is 24.3. The number of aryl methyl sites for hydroxylation is 1. The minimum atomic E-state index is -4.37. The van der Waals surface area contributed by atoms with Gasteiger partial charge in [0.05, 0.1) is 7.11 Å². The van der Waals surface area contributed by atoms with Gasteiger partial charge in [-0.25, -0.2) is 0 Å². The van der Waals surface area contributed by atoms with Crippen molar-refractivity contribution in [3.8, 4) is 5.75 Å². The van der Waals surface area contributed by atoms with Gasteiger partial charge in [-0.05, 0) is 42.5 Å². The molecule has 5 heteroatoms. The summed E-state index contributed by atoms with van der Waals surface area (Å²) in [5.41, 5.74) is 4.93. The van der Waals surface area contributed by atoms with Crippen LogP contribution < -0.4 is 10.5 Å². The van der Waals surface area contributed by atoms with E-state index in [0.717, 1.165) is 5.56 Å². The molecule has 1 aromatic carbocycles. The molecular formula is C12H14F3NO. The summed E-state index contributed by atoms with van der Waals surface area (Å²) in [6, 6.07) is 5.21. The Kier molecular flexibility index (Phi) is 2.81. The van der Waals surface area contributed by atoms with Gasteiger partial charge in [-0.1, -0.05) is 6.07 Å². The van der Waals surface area contributed by atoms with Crippen LogP contribution in [0, 0.1) is 0 Å². The summed E-state index contributed by atoms with van der Waals surface area (Å²) in [5.74, 6) is 0.565. The summed E-state index contributed by atoms with van der Waals surface area (Å²) < 4.78 is 43.5. The van der Waals surface area contributed by atoms with Gasteiger partial charge in [0.1, 0.15) is 11.3 Å². The maximum absolute atomic E-state index is 12.8. The van der Waals surface area contributed by atoms with E-state index in [9.17, 15) is 13.2 Å². The molecule has 0 saturated heterocycles. The molecule has 0 aliphatic heterocycles. The van der Waals surface area contributed by atoms with Crippen LogP contribution in [-0.4, -0.2) is 18.8 Å². The fourth-order valence-corrected chi connectivity index (χ4v) is 2.17. The van der Waals surface area contributed by atoms with Crippen molar-refractivity contribution in [2.24, 2.45) is 5.73 Å². The van der Waals surface area contributed by atoms with Gasteiger partial charge in [0.15, 0.2) is 0 Å². The third-order valence-corrected chi connectivity index (χ3v) is 3.32. The lowest BCUT2D eigenvalue weighted by molar-refractivity contribution is -0.188. The molecule has 1 aliphatic rings. The van der Waals surface area contributed by atoms with E-state index in [1.807, 2.05) is 6.07 Å². The Morgan fingerprint density at radius 2 is 2.00 bits per heavy atom. The number of nitrogens with two attached hydrogens (primary N) is 1. The lowest BCUT2D eigenvalue weighted by atomic mass is 9.78. The van der Waals surface area contributed by atoms with Crippen molar-refractivity contribution in [2.45, 2.75) is 31.0 Å². The first-order valence-corrected chi connectivity index (χ1v) is 5.37. The van der Waals surface area contributed by atoms with E-state index in [4.69, 9.17) is 10.5 Å². The van der Waals surface area contributed by atoms with Crippen molar-refractivity contribution in [1.82, 2.24) is 0 Å². The van der Waals surface area contributed by atoms with Crippen molar-refractivity contribution in [1.29, 1.82) is 0 Å². The molecule has 0 heterocycles. The first kappa shape index (κ1) is 12.2. The van der Waals surface area contributed by atoms with Gasteiger partial charge >= 0.3 is 6.18 Å². The monoisotopic (exact) mass is 245 g/mol. The van der Waals surface area contributed by atoms with E-state index in [1.165, 1.54) is 7.11 Å². The Morgan fingerprint density at radius 3 is 2.59 bits per heavy atom. The Hall–Kier alpha value is -1.23. The van der Waals surface area contributed by atoms with Crippen LogP contribution >= 0.6 is 0 Å². The lowest BCUT2D eigenvalue weighted by Gasteiger charge is -2.36. The number of methoxy groups -OCH3 is 1. The summed E-state index contributed by atoms with van der Waals surface area (Å²) in [5, 5.41) is 0. The van der Waals surface area contributed by atoms with Gasteiger partial charge in [0.25, 0.3) is 0 Å². The largest absolute Gasteiger partial charge is 0.497 e. The van der Waals surface area contributed by atoms with Crippen molar-refractivity contribution < 1.29 is 17.9 Å². The minimum Gasteiger partial charge on any atom is -0.497 e. The number of fused-ring (bicyclic) bond motifs is 1. The molecule has 17 heavy (non-hydrogen) atoms. The highest BCUT2D eigenvalue weighted by atomic mass is 19.4. The molecule has 1 aromatic rings. The van der Waals surface area contributed by atoms with Crippen LogP contribution in [0.1, 0.15) is 17.5 Å². The van der Waals surface area contributed by atoms with E-state index in [1.54, 1.807) is 12.1 Å². The zero-order valence-corrected chi connectivity index (χ0v) is 9.47. The van der Waals surface area contributed by atoms with E-state index in [0.29, 0.717) is 17.7 Å². The summed E-state index contributed by atoms with van der Waals surface area (Å²) in [7, 11) is 1.49. The Balaban J connectivity index is 2.34. The molecule has 0 aromatic heterocycles. The average molecular weight is 245 g/mol. The second-order valence-corrected chi connectivity index (χ2v) is 4.47. The molecule has 0 spiro atoms. The predicted octanol–water partition coefficient (Wildman–Crippen LogP) is 2.44. The zero-order chi connectivity index (χ0) is 12.7. The summed E-state index contributed by atoms with van der Waals surface area (Å²) in [6.07, 6.45) is -4.25. The molecule has 2 nitrogen and oxygen atoms in total. The van der Waals surface area contributed by atoms with Crippen LogP contribution in [0.5, 0.6) is 5.75 Å². The molecule has 0 radical (unpaired) electrons. The third kappa shape index (κ3) is 2.11. The Bertz CT molecular complexity index is 430. The molecule has 0 fully saturated rings. The zero-order valence-electron chi connectivity index (χ0n) is 9.47. The number of halogens is 3. The molecule has 1 atom stereocenters. The van der Waals surface area contributed by atoms with Crippen LogP contribution in [0.15, 0.2) is 18.2 Å². The first-order valence-electron chi connectivity index (χ1n) is 5.37. The standard InChI is InChI=1S/C12H14F3NO/c1-17-10-3-2-8-4-5-11(16,12(13,14)15)7-9(8)6-10/h2-3,6H,4-5,7,16H2,1H3. The first-order chi connectivity index (χ1) is 7.86. The second-order valence-electron chi connectivity index (χ2n) is 4.47. The second kappa shape index (κ2) is 3.91. The van der Waals surface area contributed by atoms with Crippen molar-refractivity contribution in [2.75, 3.05) is 7.11 Å². The van der Waals surface area contributed by atoms with Gasteiger partial charge in [0.2, 0.25) is 0 Å². The van der Waals surface area contributed by atoms with Gasteiger partial charge < -0.3 is 10.5 Å². The number of hydrogen-bond acceptors (Lipinski definition) is 2. The molecule has 2 N–H and O–H groups in total. The fraction of sp³-hybridized carbons (Fsp3) is 0.500. The molecule has 94 valence electrons. The van der Waals surface area contributed by atoms with Crippen LogP contribution in [0.4, 0.5) is 13.2 Å². The summed E-state index contributed by atoms with van der Waals surface area (Å²) in [6.45, 7) is 0. The maximum Gasteiger partial charge on any atom is 0.406 e. The Labute approximate surface area is 97.6 Å². The van der Waals surface area contributed by atoms with E-state index >= 15 is 0 Å². The van der Waals surface area contributed by atoms with Gasteiger partial charge in [-0.15, -0.1) is 0 Å². The average Bonchev–Trinajstić information content (AvgIpc) is 2.26. The minimum absolute atomic E-state index is 0.0597. The fourth-order valence-electron chi connectivity index (χ4n) is 2.17. The lowest BCUT2D eigenvalue weighted by Crippen LogP contribution is -2.56. The molecule has 2 rings (SSSR count). The van der Waals surface area contributed by atoms with Gasteiger partial charge in [-0.2, -0.15) is 13.2 Å². The highest BCUT2D eigenvalue weighted by Gasteiger charge is 2.52. The van der Waals surface area contributed by atoms with Crippen LogP contribution in [0.25, 0.3) is 0 Å². The maximum atomic E-state index is 12.8. The molecule has 0 bridgehead atoms. The van der Waals surface area contributed by atoms with Crippen molar-refractivity contribution >= 4 is 0 Å². The van der Waals surface area contributed by atoms with Gasteiger partial charge in [0, 0.05) is 0 Å². The highest BCUT2D eigenvalue weighted by molar-refractivity contribution is 5.39. The number of alkyl halides is 3. The Morgan fingerprint density at radius 1 is 1.29 bits per heavy atom. The highest BCUT2D eigenvalue weighted by Crippen LogP contribution is 2.39. The quantitative estimate of drug-likeness (QED) is 0.824. The number of rotatable bonds is 1. The van der Waals surface area contributed by atoms with Crippen molar-refractivity contribution in [3.63, 3.8) is 0 Å². The van der Waals surface area contributed by atoms with Crippen LogP contribution in [0.2, 0.25) is 0 Å². The van der Waals surface area contributed by atoms with E-state index in [2.05, 4.69) is 0 Å². The summed E-state index contributed by atoms with van der Waals surface area (Å²) in [4.78, 5) is 0. The van der Waals surface area contributed by atoms with Gasteiger partial charge in [-0.3, -0.25) is 0 Å². The number of ether oxygens (including phenoxy) is 1. The van der Waals surface area contributed by atoms with E-state index < -0.39 is 11.7 Å². The number of benzene rings is 1. The van der Waals surface area contributed by atoms with Crippen LogP contribution in [-0.2, 0) is 12.8 Å². The molecule has 0 saturated carbocycles. The third-order valence-electron chi connectivity index (χ3n) is 3.32. The van der Waals surface area contributed by atoms with Crippen LogP contribution in [0.3, 0.4) is 0 Å². The van der Waals surface area contributed by atoms with E-state index in [-0.39, 0.29) is 12.8 Å². The SMILES string of the molecule is COc1ccc2c(c1)CC(N)(C(F)(F)F)CC2. The smallest absolute Gasteiger partial charge is 0.406 e. The topological polar surface area (TPSA) is 35.2 Å². The molecular weight excluding hydrogens is 231 g/mol. The molecule has 0 amide bonds. The molecule has 1 unspecified atom stereocenters. The molecule has 1 aliphatic carbocycles. The predicted molar refractivity (Wildman–Crippen MR) is 58.0 cm³/mol.